The number of ether oxygens (including phenoxy) is 1. The molecule has 0 amide bonds. The molecule has 0 aliphatic heterocycles. The predicted octanol–water partition coefficient (Wildman–Crippen LogP) is 4.61. The molecule has 2 fully saturated rings. The molecule has 3 rings (SSSR count). The predicted molar refractivity (Wildman–Crippen MR) is 82.0 cm³/mol. The molecule has 21 heavy (non-hydrogen) atoms. The summed E-state index contributed by atoms with van der Waals surface area (Å²) in [6.07, 6.45) is 6.84. The van der Waals surface area contributed by atoms with Crippen LogP contribution in [0.4, 0.5) is 5.69 Å². The summed E-state index contributed by atoms with van der Waals surface area (Å²) in [5.41, 5.74) is 0.801. The molecule has 1 aromatic carbocycles. The van der Waals surface area contributed by atoms with Crippen LogP contribution in [0.5, 0.6) is 5.75 Å². The first kappa shape index (κ1) is 14.6. The van der Waals surface area contributed by atoms with Gasteiger partial charge < -0.3 is 4.74 Å². The Balaban J connectivity index is 1.81. The monoisotopic (exact) mass is 309 g/mol. The molecule has 0 N–H and O–H groups in total. The van der Waals surface area contributed by atoms with Crippen molar-refractivity contribution < 1.29 is 9.66 Å². The molecule has 0 heterocycles. The fraction of sp³-hybridized carbons (Fsp3) is 0.625. The highest BCUT2D eigenvalue weighted by Gasteiger charge is 2.56. The van der Waals surface area contributed by atoms with Gasteiger partial charge in [0.25, 0.3) is 5.69 Å². The van der Waals surface area contributed by atoms with Crippen LogP contribution >= 0.6 is 11.6 Å². The molecular weight excluding hydrogens is 290 g/mol. The Morgan fingerprint density at radius 3 is 2.67 bits per heavy atom. The first-order chi connectivity index (χ1) is 10.0. The van der Waals surface area contributed by atoms with Crippen molar-refractivity contribution in [2.45, 2.75) is 56.9 Å². The van der Waals surface area contributed by atoms with Crippen molar-refractivity contribution in [2.24, 2.45) is 5.41 Å². The first-order valence-corrected chi connectivity index (χ1v) is 8.03. The van der Waals surface area contributed by atoms with E-state index in [-0.39, 0.29) is 27.5 Å². The third kappa shape index (κ3) is 2.39. The zero-order valence-corrected chi connectivity index (χ0v) is 12.9. The van der Waals surface area contributed by atoms with Crippen LogP contribution in [0.2, 0.25) is 0 Å². The van der Waals surface area contributed by atoms with Crippen molar-refractivity contribution in [3.8, 4) is 5.75 Å². The number of hydrogen-bond donors (Lipinski definition) is 0. The van der Waals surface area contributed by atoms with E-state index in [4.69, 9.17) is 16.3 Å². The number of nitrogens with zero attached hydrogens (tertiary/aromatic N) is 1. The maximum atomic E-state index is 11.0. The van der Waals surface area contributed by atoms with Crippen LogP contribution in [-0.4, -0.2) is 16.4 Å². The number of nitro benzene ring substituents is 1. The van der Waals surface area contributed by atoms with Crippen LogP contribution in [0, 0.1) is 22.5 Å². The first-order valence-electron chi connectivity index (χ1n) is 7.59. The van der Waals surface area contributed by atoms with E-state index in [1.165, 1.54) is 25.3 Å². The lowest BCUT2D eigenvalue weighted by atomic mass is 9.58. The van der Waals surface area contributed by atoms with Gasteiger partial charge in [0.05, 0.1) is 10.5 Å². The van der Waals surface area contributed by atoms with E-state index in [0.29, 0.717) is 11.3 Å². The molecule has 1 spiro atoms. The number of rotatable bonds is 3. The lowest BCUT2D eigenvalue weighted by molar-refractivity contribution is -0.385. The smallest absolute Gasteiger partial charge is 0.276 e. The molecule has 2 aliphatic rings. The summed E-state index contributed by atoms with van der Waals surface area (Å²) in [5, 5.41) is 11.2. The van der Waals surface area contributed by atoms with E-state index in [2.05, 4.69) is 0 Å². The summed E-state index contributed by atoms with van der Waals surface area (Å²) < 4.78 is 6.15. The van der Waals surface area contributed by atoms with Gasteiger partial charge in [0.15, 0.2) is 0 Å². The zero-order valence-electron chi connectivity index (χ0n) is 12.2. The maximum Gasteiger partial charge on any atom is 0.276 e. The van der Waals surface area contributed by atoms with Crippen LogP contribution in [0.1, 0.15) is 44.1 Å². The molecule has 0 radical (unpaired) electrons. The Morgan fingerprint density at radius 2 is 2.05 bits per heavy atom. The van der Waals surface area contributed by atoms with Gasteiger partial charge in [0.1, 0.15) is 11.9 Å². The van der Waals surface area contributed by atoms with Crippen molar-refractivity contribution in [3.05, 3.63) is 33.9 Å². The van der Waals surface area contributed by atoms with Gasteiger partial charge in [-0.1, -0.05) is 25.3 Å². The topological polar surface area (TPSA) is 52.4 Å². The van der Waals surface area contributed by atoms with Gasteiger partial charge in [0.2, 0.25) is 0 Å². The number of halogens is 1. The number of alkyl halides is 1. The van der Waals surface area contributed by atoms with Gasteiger partial charge in [-0.2, -0.15) is 0 Å². The van der Waals surface area contributed by atoms with E-state index >= 15 is 0 Å². The van der Waals surface area contributed by atoms with Gasteiger partial charge in [0, 0.05) is 23.3 Å². The summed E-state index contributed by atoms with van der Waals surface area (Å²) in [6.45, 7) is 1.75. The van der Waals surface area contributed by atoms with Gasteiger partial charge >= 0.3 is 0 Å². The van der Waals surface area contributed by atoms with Crippen molar-refractivity contribution in [2.75, 3.05) is 0 Å². The number of benzene rings is 1. The Kier molecular flexibility index (Phi) is 3.82. The summed E-state index contributed by atoms with van der Waals surface area (Å²) in [5.74, 6) is 0.628. The SMILES string of the molecule is Cc1c(OC2CC(Cl)C23CCCCC3)cccc1[N+](=O)[O-]. The average molecular weight is 310 g/mol. The summed E-state index contributed by atoms with van der Waals surface area (Å²) in [4.78, 5) is 10.7. The summed E-state index contributed by atoms with van der Waals surface area (Å²) in [7, 11) is 0. The molecule has 2 aliphatic carbocycles. The second kappa shape index (κ2) is 5.48. The number of nitro groups is 1. The molecule has 2 unspecified atom stereocenters. The van der Waals surface area contributed by atoms with E-state index in [1.54, 1.807) is 13.0 Å². The van der Waals surface area contributed by atoms with Gasteiger partial charge in [-0.05, 0) is 25.8 Å². The lowest BCUT2D eigenvalue weighted by Crippen LogP contribution is -2.58. The average Bonchev–Trinajstić information content (AvgIpc) is 2.49. The normalized spacial score (nSPS) is 27.1. The molecular formula is C16H20ClNO3. The third-order valence-corrected chi connectivity index (χ3v) is 5.80. The van der Waals surface area contributed by atoms with Crippen LogP contribution in [0.3, 0.4) is 0 Å². The fourth-order valence-corrected chi connectivity index (χ4v) is 4.31. The van der Waals surface area contributed by atoms with E-state index in [9.17, 15) is 10.1 Å². The third-order valence-electron chi connectivity index (χ3n) is 5.19. The van der Waals surface area contributed by atoms with Crippen molar-refractivity contribution >= 4 is 17.3 Å². The zero-order chi connectivity index (χ0) is 15.0. The number of hydrogen-bond acceptors (Lipinski definition) is 3. The fourth-order valence-electron chi connectivity index (χ4n) is 3.79. The minimum absolute atomic E-state index is 0.0802. The van der Waals surface area contributed by atoms with Gasteiger partial charge in [-0.3, -0.25) is 10.1 Å². The highest BCUT2D eigenvalue weighted by molar-refractivity contribution is 6.21. The Labute approximate surface area is 129 Å². The van der Waals surface area contributed by atoms with E-state index in [1.807, 2.05) is 6.07 Å². The Morgan fingerprint density at radius 1 is 1.33 bits per heavy atom. The van der Waals surface area contributed by atoms with Crippen LogP contribution in [0.15, 0.2) is 18.2 Å². The van der Waals surface area contributed by atoms with Gasteiger partial charge in [-0.25, -0.2) is 0 Å². The molecule has 1 aromatic rings. The Hall–Kier alpha value is -1.29. The minimum atomic E-state index is -0.357. The van der Waals surface area contributed by atoms with Crippen LogP contribution in [0.25, 0.3) is 0 Å². The molecule has 0 bridgehead atoms. The molecule has 0 aromatic heterocycles. The van der Waals surface area contributed by atoms with Crippen LogP contribution in [-0.2, 0) is 0 Å². The quantitative estimate of drug-likeness (QED) is 0.465. The minimum Gasteiger partial charge on any atom is -0.489 e. The molecule has 114 valence electrons. The lowest BCUT2D eigenvalue weighted by Gasteiger charge is -2.55. The largest absolute Gasteiger partial charge is 0.489 e. The van der Waals surface area contributed by atoms with E-state index in [0.717, 1.165) is 19.3 Å². The standard InChI is InChI=1S/C16H20ClNO3/c1-11-12(18(19)20)6-5-7-13(11)21-15-10-14(17)16(15)8-3-2-4-9-16/h5-7,14-15H,2-4,8-10H2,1H3. The molecule has 5 heteroatoms. The molecule has 0 saturated heterocycles. The molecule has 2 saturated carbocycles. The summed E-state index contributed by atoms with van der Waals surface area (Å²) >= 11 is 6.48. The van der Waals surface area contributed by atoms with Gasteiger partial charge in [-0.15, -0.1) is 11.6 Å². The second-order valence-corrected chi connectivity index (χ2v) is 6.79. The Bertz CT molecular complexity index is 554. The molecule has 2 atom stereocenters. The summed E-state index contributed by atoms with van der Waals surface area (Å²) in [6, 6.07) is 5.02. The maximum absolute atomic E-state index is 11.0. The second-order valence-electron chi connectivity index (χ2n) is 6.26. The van der Waals surface area contributed by atoms with Crippen LogP contribution < -0.4 is 4.74 Å². The highest BCUT2D eigenvalue weighted by atomic mass is 35.5. The molecule has 4 nitrogen and oxygen atoms in total. The highest BCUT2D eigenvalue weighted by Crippen LogP contribution is 2.56. The van der Waals surface area contributed by atoms with E-state index < -0.39 is 0 Å². The van der Waals surface area contributed by atoms with Crippen molar-refractivity contribution in [1.29, 1.82) is 0 Å². The van der Waals surface area contributed by atoms with Crippen molar-refractivity contribution in [3.63, 3.8) is 0 Å². The van der Waals surface area contributed by atoms with Crippen molar-refractivity contribution in [1.82, 2.24) is 0 Å².